The zero-order chi connectivity index (χ0) is 35.1. The zero-order valence-corrected chi connectivity index (χ0v) is 29.1. The molecule has 0 unspecified atom stereocenters. The second-order valence-electron chi connectivity index (χ2n) is 12.7. The Morgan fingerprint density at radius 1 is 0.894 bits per heavy atom. The number of hydrogen-bond donors (Lipinski definition) is 4. The van der Waals surface area contributed by atoms with Gasteiger partial charge in [-0.05, 0) is 43.9 Å². The van der Waals surface area contributed by atoms with Crippen LogP contribution in [-0.2, 0) is 24.0 Å². The summed E-state index contributed by atoms with van der Waals surface area (Å²) >= 11 is 0. The molecule has 13 nitrogen and oxygen atoms in total. The first-order chi connectivity index (χ1) is 22.4. The van der Waals surface area contributed by atoms with E-state index in [0.29, 0.717) is 45.1 Å². The lowest BCUT2D eigenvalue weighted by Gasteiger charge is -2.33. The molecule has 1 aromatic rings. The van der Waals surface area contributed by atoms with Gasteiger partial charge in [-0.3, -0.25) is 33.8 Å². The SMILES string of the molecule is CCC.CCC[C@H](NC(=O)[C@@H]1CCCN1C(=O)[C@@H](NC(=O)[C@@H](NC(=O)c1cnccn1)C(CC)CC)C(C)C)C(=O)C(=O)NC1CC1. The summed E-state index contributed by atoms with van der Waals surface area (Å²) in [4.78, 5) is 88.5. The molecule has 47 heavy (non-hydrogen) atoms. The molecule has 4 atom stereocenters. The molecule has 0 bridgehead atoms. The van der Waals surface area contributed by atoms with E-state index in [4.69, 9.17) is 0 Å². The quantitative estimate of drug-likeness (QED) is 0.196. The highest BCUT2D eigenvalue weighted by atomic mass is 16.2. The highest BCUT2D eigenvalue weighted by molar-refractivity contribution is 6.38. The molecule has 262 valence electrons. The summed E-state index contributed by atoms with van der Waals surface area (Å²) in [6.45, 7) is 13.9. The van der Waals surface area contributed by atoms with Crippen LogP contribution in [0.25, 0.3) is 0 Å². The van der Waals surface area contributed by atoms with Gasteiger partial charge in [-0.15, -0.1) is 0 Å². The van der Waals surface area contributed by atoms with E-state index in [2.05, 4.69) is 45.1 Å². The molecule has 1 aromatic heterocycles. The van der Waals surface area contributed by atoms with Crippen molar-refractivity contribution in [2.75, 3.05) is 6.54 Å². The van der Waals surface area contributed by atoms with Crippen LogP contribution in [0.5, 0.6) is 0 Å². The maximum absolute atomic E-state index is 13.9. The zero-order valence-electron chi connectivity index (χ0n) is 29.1. The van der Waals surface area contributed by atoms with E-state index in [1.54, 1.807) is 13.8 Å². The van der Waals surface area contributed by atoms with E-state index in [-0.39, 0.29) is 23.6 Å². The number of rotatable bonds is 16. The number of ketones is 1. The van der Waals surface area contributed by atoms with Crippen LogP contribution >= 0.6 is 0 Å². The first-order valence-corrected chi connectivity index (χ1v) is 17.3. The van der Waals surface area contributed by atoms with Crippen molar-refractivity contribution in [2.45, 2.75) is 136 Å². The van der Waals surface area contributed by atoms with E-state index in [1.807, 2.05) is 20.8 Å². The van der Waals surface area contributed by atoms with Crippen molar-refractivity contribution in [1.82, 2.24) is 36.1 Å². The Labute approximate surface area is 279 Å². The van der Waals surface area contributed by atoms with Crippen LogP contribution in [0.2, 0.25) is 0 Å². The van der Waals surface area contributed by atoms with Crippen molar-refractivity contribution in [1.29, 1.82) is 0 Å². The average Bonchev–Trinajstić information content (AvgIpc) is 3.73. The van der Waals surface area contributed by atoms with Gasteiger partial charge in [0.25, 0.3) is 11.8 Å². The standard InChI is InChI=1S/C31H47N7O6.C3H8/c1-6-10-21(26(39)30(43)34-20-12-13-20)35-28(41)23-11-9-16-38(23)31(44)24(18(4)5)36-29(42)25(19(7-2)8-3)37-27(40)22-17-32-14-15-33-22;1-3-2/h14-15,17-21,23-25H,6-13,16H2,1-5H3,(H,34,43)(H,35,41)(H,36,42)(H,37,40);3H2,1-2H3/t21-,23-,24-,25-;/m0./s1. The summed E-state index contributed by atoms with van der Waals surface area (Å²) in [7, 11) is 0. The predicted molar refractivity (Wildman–Crippen MR) is 178 cm³/mol. The first-order valence-electron chi connectivity index (χ1n) is 17.3. The van der Waals surface area contributed by atoms with Crippen molar-refractivity contribution < 1.29 is 28.8 Å². The lowest BCUT2D eigenvalue weighted by molar-refractivity contribution is -0.144. The van der Waals surface area contributed by atoms with Gasteiger partial charge in [0.1, 0.15) is 23.8 Å². The van der Waals surface area contributed by atoms with Crippen molar-refractivity contribution in [3.05, 3.63) is 24.3 Å². The molecular weight excluding hydrogens is 602 g/mol. The minimum Gasteiger partial charge on any atom is -0.347 e. The number of carbonyl (C=O) groups excluding carboxylic acids is 6. The summed E-state index contributed by atoms with van der Waals surface area (Å²) in [6, 6.07) is -3.69. The maximum atomic E-state index is 13.9. The second-order valence-corrected chi connectivity index (χ2v) is 12.7. The molecule has 2 heterocycles. The number of aromatic nitrogens is 2. The number of nitrogens with one attached hydrogen (secondary N) is 4. The Morgan fingerprint density at radius 2 is 1.55 bits per heavy atom. The van der Waals surface area contributed by atoms with Gasteiger partial charge in [-0.2, -0.15) is 0 Å². The number of Topliss-reactive ketones (excluding diaryl/α,β-unsaturated/α-hetero) is 1. The Kier molecular flexibility index (Phi) is 16.5. The largest absolute Gasteiger partial charge is 0.347 e. The van der Waals surface area contributed by atoms with Crippen molar-refractivity contribution in [2.24, 2.45) is 11.8 Å². The minimum atomic E-state index is -0.983. The topological polar surface area (TPSA) is 180 Å². The number of amides is 5. The fourth-order valence-corrected chi connectivity index (χ4v) is 5.50. The maximum Gasteiger partial charge on any atom is 0.289 e. The van der Waals surface area contributed by atoms with Gasteiger partial charge >= 0.3 is 0 Å². The summed E-state index contributed by atoms with van der Waals surface area (Å²) < 4.78 is 0. The van der Waals surface area contributed by atoms with E-state index in [0.717, 1.165) is 12.8 Å². The Balaban J connectivity index is 0.00000246. The minimum absolute atomic E-state index is 0.0143. The smallest absolute Gasteiger partial charge is 0.289 e. The molecular formula is C34H55N7O6. The van der Waals surface area contributed by atoms with Crippen LogP contribution in [0.3, 0.4) is 0 Å². The number of nitrogens with zero attached hydrogens (tertiary/aromatic N) is 3. The van der Waals surface area contributed by atoms with E-state index in [1.165, 1.54) is 29.9 Å². The highest BCUT2D eigenvalue weighted by Crippen LogP contribution is 2.22. The lowest BCUT2D eigenvalue weighted by Crippen LogP contribution is -2.60. The first kappa shape index (κ1) is 39.3. The van der Waals surface area contributed by atoms with Crippen molar-refractivity contribution >= 4 is 35.3 Å². The molecule has 0 radical (unpaired) electrons. The fraction of sp³-hybridized carbons (Fsp3) is 0.706. The van der Waals surface area contributed by atoms with Gasteiger partial charge in [0.05, 0.1) is 12.2 Å². The lowest BCUT2D eigenvalue weighted by atomic mass is 9.92. The number of carbonyl (C=O) groups is 6. The fourth-order valence-electron chi connectivity index (χ4n) is 5.50. The molecule has 0 spiro atoms. The Morgan fingerprint density at radius 3 is 2.09 bits per heavy atom. The molecule has 1 saturated heterocycles. The van der Waals surface area contributed by atoms with Crippen LogP contribution in [0.1, 0.15) is 117 Å². The van der Waals surface area contributed by atoms with E-state index < -0.39 is 59.5 Å². The van der Waals surface area contributed by atoms with Gasteiger partial charge in [-0.1, -0.05) is 74.1 Å². The van der Waals surface area contributed by atoms with Crippen LogP contribution < -0.4 is 21.3 Å². The van der Waals surface area contributed by atoms with Crippen LogP contribution in [0, 0.1) is 11.8 Å². The molecule has 2 fully saturated rings. The van der Waals surface area contributed by atoms with Crippen LogP contribution in [0.15, 0.2) is 18.6 Å². The molecule has 5 amide bonds. The van der Waals surface area contributed by atoms with Crippen molar-refractivity contribution in [3.63, 3.8) is 0 Å². The summed E-state index contributed by atoms with van der Waals surface area (Å²) in [5.41, 5.74) is 0.0727. The summed E-state index contributed by atoms with van der Waals surface area (Å²) in [6.07, 6.45) is 10.1. The van der Waals surface area contributed by atoms with Gasteiger partial charge in [0.15, 0.2) is 0 Å². The van der Waals surface area contributed by atoms with Gasteiger partial charge < -0.3 is 26.2 Å². The predicted octanol–water partition coefficient (Wildman–Crippen LogP) is 2.69. The Hall–Kier alpha value is -3.90. The van der Waals surface area contributed by atoms with E-state index >= 15 is 0 Å². The third-order valence-electron chi connectivity index (χ3n) is 8.30. The molecule has 1 saturated carbocycles. The molecule has 1 aliphatic carbocycles. The summed E-state index contributed by atoms with van der Waals surface area (Å²) in [5, 5.41) is 11.0. The third kappa shape index (κ3) is 11.7. The van der Waals surface area contributed by atoms with Crippen LogP contribution in [-0.4, -0.2) is 86.9 Å². The van der Waals surface area contributed by atoms with Crippen LogP contribution in [0.4, 0.5) is 0 Å². The monoisotopic (exact) mass is 657 g/mol. The molecule has 0 aromatic carbocycles. The molecule has 4 N–H and O–H groups in total. The Bertz CT molecular complexity index is 1200. The number of hydrogen-bond acceptors (Lipinski definition) is 8. The average molecular weight is 658 g/mol. The number of likely N-dealkylation sites (tertiary alicyclic amines) is 1. The van der Waals surface area contributed by atoms with Gasteiger partial charge in [0.2, 0.25) is 23.5 Å². The van der Waals surface area contributed by atoms with Crippen molar-refractivity contribution in [3.8, 4) is 0 Å². The molecule has 1 aliphatic heterocycles. The highest BCUT2D eigenvalue weighted by Gasteiger charge is 2.41. The molecule has 3 rings (SSSR count). The molecule has 13 heteroatoms. The van der Waals surface area contributed by atoms with Gasteiger partial charge in [-0.25, -0.2) is 4.98 Å². The normalized spacial score (nSPS) is 17.6. The summed E-state index contributed by atoms with van der Waals surface area (Å²) in [5.74, 6) is -3.88. The van der Waals surface area contributed by atoms with E-state index in [9.17, 15) is 28.8 Å². The third-order valence-corrected chi connectivity index (χ3v) is 8.30. The van der Waals surface area contributed by atoms with Gasteiger partial charge in [0, 0.05) is 25.0 Å². The second kappa shape index (κ2) is 19.7. The molecule has 2 aliphatic rings.